The lowest BCUT2D eigenvalue weighted by molar-refractivity contribution is 0.903. The van der Waals surface area contributed by atoms with Gasteiger partial charge in [0.2, 0.25) is 5.95 Å². The Hall–Kier alpha value is -2.01. The van der Waals surface area contributed by atoms with Crippen LogP contribution in [0.2, 0.25) is 10.2 Å². The van der Waals surface area contributed by atoms with Gasteiger partial charge in [-0.15, -0.1) is 0 Å². The van der Waals surface area contributed by atoms with Crippen molar-refractivity contribution in [2.24, 2.45) is 5.11 Å². The molecule has 1 aliphatic rings. The van der Waals surface area contributed by atoms with Gasteiger partial charge in [-0.05, 0) is 41.2 Å². The second-order valence-corrected chi connectivity index (χ2v) is 6.10. The fourth-order valence-electron chi connectivity index (χ4n) is 2.71. The van der Waals surface area contributed by atoms with Crippen LogP contribution in [0.4, 0.5) is 11.8 Å². The standard InChI is InChI=1S/C15H14Cl2N6/c16-11-5-3-4-10(8-11)9-12-13(17)19-15(21-22-18)20-14(12)23-6-1-2-7-23/h3-5,8H,1-2,6-7,9H2. The molecule has 6 nitrogen and oxygen atoms in total. The summed E-state index contributed by atoms with van der Waals surface area (Å²) >= 11 is 12.4. The highest BCUT2D eigenvalue weighted by Crippen LogP contribution is 2.31. The second kappa shape index (κ2) is 7.04. The van der Waals surface area contributed by atoms with Gasteiger partial charge in [-0.2, -0.15) is 0 Å². The smallest absolute Gasteiger partial charge is 0.219 e. The van der Waals surface area contributed by atoms with Crippen LogP contribution in [0.25, 0.3) is 10.4 Å². The first-order valence-corrected chi connectivity index (χ1v) is 8.04. The van der Waals surface area contributed by atoms with Gasteiger partial charge in [-0.1, -0.05) is 35.3 Å². The number of benzene rings is 1. The number of halogens is 2. The van der Waals surface area contributed by atoms with E-state index in [1.807, 2.05) is 24.3 Å². The molecule has 118 valence electrons. The number of anilines is 1. The minimum atomic E-state index is 0.0502. The van der Waals surface area contributed by atoms with Gasteiger partial charge >= 0.3 is 0 Å². The lowest BCUT2D eigenvalue weighted by Crippen LogP contribution is -2.21. The third-order valence-corrected chi connectivity index (χ3v) is 4.28. The molecular formula is C15H14Cl2N6. The molecule has 1 saturated heterocycles. The highest BCUT2D eigenvalue weighted by atomic mass is 35.5. The Morgan fingerprint density at radius 3 is 2.70 bits per heavy atom. The van der Waals surface area contributed by atoms with Gasteiger partial charge in [0.25, 0.3) is 0 Å². The Balaban J connectivity index is 2.04. The molecule has 3 rings (SSSR count). The number of nitrogens with zero attached hydrogens (tertiary/aromatic N) is 6. The summed E-state index contributed by atoms with van der Waals surface area (Å²) in [6.45, 7) is 1.82. The van der Waals surface area contributed by atoms with Crippen molar-refractivity contribution in [2.75, 3.05) is 18.0 Å². The van der Waals surface area contributed by atoms with Gasteiger partial charge in [0, 0.05) is 35.0 Å². The zero-order chi connectivity index (χ0) is 16.2. The predicted octanol–water partition coefficient (Wildman–Crippen LogP) is 4.92. The molecule has 0 atom stereocenters. The molecule has 0 unspecified atom stereocenters. The van der Waals surface area contributed by atoms with Crippen LogP contribution in [0.1, 0.15) is 24.0 Å². The van der Waals surface area contributed by atoms with E-state index in [1.165, 1.54) is 0 Å². The normalized spacial score (nSPS) is 13.9. The quantitative estimate of drug-likeness (QED) is 0.340. The van der Waals surface area contributed by atoms with Crippen molar-refractivity contribution in [3.05, 3.63) is 56.0 Å². The van der Waals surface area contributed by atoms with E-state index in [0.29, 0.717) is 16.6 Å². The zero-order valence-electron chi connectivity index (χ0n) is 12.3. The molecule has 1 fully saturated rings. The monoisotopic (exact) mass is 348 g/mol. The molecule has 0 saturated carbocycles. The average Bonchev–Trinajstić information content (AvgIpc) is 3.04. The van der Waals surface area contributed by atoms with E-state index in [4.69, 9.17) is 28.7 Å². The molecule has 2 heterocycles. The summed E-state index contributed by atoms with van der Waals surface area (Å²) in [7, 11) is 0. The molecule has 23 heavy (non-hydrogen) atoms. The van der Waals surface area contributed by atoms with E-state index < -0.39 is 0 Å². The SMILES string of the molecule is [N-]=[N+]=Nc1nc(Cl)c(Cc2cccc(Cl)c2)c(N2CCCC2)n1. The van der Waals surface area contributed by atoms with Crippen LogP contribution in [0.3, 0.4) is 0 Å². The summed E-state index contributed by atoms with van der Waals surface area (Å²) in [6.07, 6.45) is 2.78. The van der Waals surface area contributed by atoms with Crippen molar-refractivity contribution in [3.63, 3.8) is 0 Å². The predicted molar refractivity (Wildman–Crippen MR) is 91.6 cm³/mol. The van der Waals surface area contributed by atoms with E-state index in [1.54, 1.807) is 0 Å². The maximum Gasteiger partial charge on any atom is 0.219 e. The van der Waals surface area contributed by atoms with Crippen LogP contribution < -0.4 is 4.90 Å². The fraction of sp³-hybridized carbons (Fsp3) is 0.333. The molecule has 1 aromatic heterocycles. The number of azide groups is 1. The highest BCUT2D eigenvalue weighted by Gasteiger charge is 2.21. The van der Waals surface area contributed by atoms with Gasteiger partial charge < -0.3 is 4.90 Å². The third kappa shape index (κ3) is 3.67. The Bertz CT molecular complexity index is 767. The zero-order valence-corrected chi connectivity index (χ0v) is 13.8. The van der Waals surface area contributed by atoms with Crippen molar-refractivity contribution in [2.45, 2.75) is 19.3 Å². The first-order valence-electron chi connectivity index (χ1n) is 7.28. The van der Waals surface area contributed by atoms with E-state index >= 15 is 0 Å². The molecule has 1 aliphatic heterocycles. The number of hydrogen-bond donors (Lipinski definition) is 0. The first-order chi connectivity index (χ1) is 11.2. The van der Waals surface area contributed by atoms with Crippen LogP contribution in [-0.4, -0.2) is 23.1 Å². The maximum absolute atomic E-state index is 8.61. The Morgan fingerprint density at radius 1 is 1.22 bits per heavy atom. The molecule has 0 radical (unpaired) electrons. The van der Waals surface area contributed by atoms with E-state index in [9.17, 15) is 0 Å². The van der Waals surface area contributed by atoms with Crippen molar-refractivity contribution in [3.8, 4) is 0 Å². The largest absolute Gasteiger partial charge is 0.356 e. The van der Waals surface area contributed by atoms with E-state index in [2.05, 4.69) is 24.9 Å². The Morgan fingerprint density at radius 2 is 2.00 bits per heavy atom. The summed E-state index contributed by atoms with van der Waals surface area (Å²) in [4.78, 5) is 13.4. The van der Waals surface area contributed by atoms with Gasteiger partial charge in [-0.3, -0.25) is 0 Å². The van der Waals surface area contributed by atoms with Crippen molar-refractivity contribution in [1.82, 2.24) is 9.97 Å². The van der Waals surface area contributed by atoms with E-state index in [-0.39, 0.29) is 5.95 Å². The van der Waals surface area contributed by atoms with Crippen LogP contribution in [0, 0.1) is 0 Å². The molecule has 0 spiro atoms. The van der Waals surface area contributed by atoms with Gasteiger partial charge in [0.15, 0.2) is 0 Å². The van der Waals surface area contributed by atoms with Crippen molar-refractivity contribution < 1.29 is 0 Å². The lowest BCUT2D eigenvalue weighted by atomic mass is 10.1. The summed E-state index contributed by atoms with van der Waals surface area (Å²) < 4.78 is 0. The minimum Gasteiger partial charge on any atom is -0.356 e. The van der Waals surface area contributed by atoms with Crippen LogP contribution in [0.15, 0.2) is 29.4 Å². The minimum absolute atomic E-state index is 0.0502. The summed E-state index contributed by atoms with van der Waals surface area (Å²) in [5.41, 5.74) is 10.5. The summed E-state index contributed by atoms with van der Waals surface area (Å²) in [5.74, 6) is 0.791. The van der Waals surface area contributed by atoms with Gasteiger partial charge in [0.05, 0.1) is 0 Å². The average molecular weight is 349 g/mol. The number of hydrogen-bond acceptors (Lipinski definition) is 4. The topological polar surface area (TPSA) is 77.8 Å². The van der Waals surface area contributed by atoms with Crippen molar-refractivity contribution >= 4 is 35.0 Å². The molecule has 0 bridgehead atoms. The van der Waals surface area contributed by atoms with Crippen LogP contribution in [0.5, 0.6) is 0 Å². The molecule has 0 amide bonds. The third-order valence-electron chi connectivity index (χ3n) is 3.73. The van der Waals surface area contributed by atoms with E-state index in [0.717, 1.165) is 42.9 Å². The van der Waals surface area contributed by atoms with Crippen molar-refractivity contribution in [1.29, 1.82) is 0 Å². The summed E-state index contributed by atoms with van der Waals surface area (Å²) in [6, 6.07) is 7.61. The van der Waals surface area contributed by atoms with Gasteiger partial charge in [-0.25, -0.2) is 9.97 Å². The molecule has 1 aromatic carbocycles. The number of rotatable bonds is 4. The molecule has 0 N–H and O–H groups in total. The Kier molecular flexibility index (Phi) is 4.86. The first kappa shape index (κ1) is 15.9. The molecule has 0 aliphatic carbocycles. The number of aromatic nitrogens is 2. The summed E-state index contributed by atoms with van der Waals surface area (Å²) in [5, 5.41) is 4.47. The highest BCUT2D eigenvalue weighted by molar-refractivity contribution is 6.31. The van der Waals surface area contributed by atoms with Crippen LogP contribution >= 0.6 is 23.2 Å². The molecular weight excluding hydrogens is 335 g/mol. The van der Waals surface area contributed by atoms with Crippen LogP contribution in [-0.2, 0) is 6.42 Å². The Labute approximate surface area is 143 Å². The lowest BCUT2D eigenvalue weighted by Gasteiger charge is -2.21. The van der Waals surface area contributed by atoms with Gasteiger partial charge in [0.1, 0.15) is 11.0 Å². The second-order valence-electron chi connectivity index (χ2n) is 5.31. The molecule has 8 heteroatoms. The maximum atomic E-state index is 8.61. The molecule has 2 aromatic rings. The fourth-order valence-corrected chi connectivity index (χ4v) is 3.15.